The summed E-state index contributed by atoms with van der Waals surface area (Å²) in [6.07, 6.45) is 0.405. The van der Waals surface area contributed by atoms with Gasteiger partial charge < -0.3 is 24.8 Å². The van der Waals surface area contributed by atoms with Crippen molar-refractivity contribution in [3.05, 3.63) is 0 Å². The topological polar surface area (TPSA) is 77.5 Å². The van der Waals surface area contributed by atoms with E-state index in [1.807, 2.05) is 28.5 Å². The van der Waals surface area contributed by atoms with Gasteiger partial charge in [-0.2, -0.15) is 0 Å². The smallest absolute Gasteiger partial charge is 0.242 e. The van der Waals surface area contributed by atoms with Crippen molar-refractivity contribution < 1.29 is 14.3 Å². The number of amides is 2. The maximum absolute atomic E-state index is 12.6. The van der Waals surface area contributed by atoms with Gasteiger partial charge in [-0.25, -0.2) is 0 Å². The molecule has 2 heterocycles. The number of rotatable bonds is 4. The van der Waals surface area contributed by atoms with Gasteiger partial charge in [0.15, 0.2) is 5.96 Å². The van der Waals surface area contributed by atoms with E-state index in [-0.39, 0.29) is 23.4 Å². The monoisotopic (exact) mass is 367 g/mol. The number of carbonyl (C=O) groups excluding carboxylic acids is 2. The van der Waals surface area contributed by atoms with Gasteiger partial charge in [-0.05, 0) is 27.7 Å². The van der Waals surface area contributed by atoms with Crippen molar-refractivity contribution in [2.24, 2.45) is 4.99 Å². The number of ether oxygens (including phenoxy) is 1. The lowest BCUT2D eigenvalue weighted by Crippen LogP contribution is -2.66. The van der Waals surface area contributed by atoms with Gasteiger partial charge in [-0.3, -0.25) is 14.6 Å². The van der Waals surface area contributed by atoms with Crippen molar-refractivity contribution in [1.82, 2.24) is 20.0 Å². The second-order valence-electron chi connectivity index (χ2n) is 7.74. The lowest BCUT2D eigenvalue weighted by Gasteiger charge is -2.49. The molecule has 0 radical (unpaired) electrons. The summed E-state index contributed by atoms with van der Waals surface area (Å²) < 4.78 is 5.27. The second-order valence-corrected chi connectivity index (χ2v) is 7.74. The lowest BCUT2D eigenvalue weighted by molar-refractivity contribution is -0.145. The molecular formula is C18H33N5O3. The molecule has 2 aliphatic heterocycles. The van der Waals surface area contributed by atoms with E-state index in [2.05, 4.69) is 24.2 Å². The Morgan fingerprint density at radius 2 is 1.92 bits per heavy atom. The summed E-state index contributed by atoms with van der Waals surface area (Å²) in [6, 6.07) is 0.167. The van der Waals surface area contributed by atoms with E-state index in [1.165, 1.54) is 0 Å². The Hall–Kier alpha value is -1.83. The van der Waals surface area contributed by atoms with Crippen molar-refractivity contribution in [2.75, 3.05) is 53.0 Å². The average Bonchev–Trinajstić information content (AvgIpc) is 2.57. The molecule has 0 atom stereocenters. The van der Waals surface area contributed by atoms with Gasteiger partial charge in [0.2, 0.25) is 11.8 Å². The molecule has 0 aromatic rings. The van der Waals surface area contributed by atoms with Crippen LogP contribution in [0.15, 0.2) is 4.99 Å². The van der Waals surface area contributed by atoms with Crippen LogP contribution in [0.4, 0.5) is 0 Å². The van der Waals surface area contributed by atoms with Gasteiger partial charge in [0.1, 0.15) is 0 Å². The number of aliphatic imine (C=N–C) groups is 1. The van der Waals surface area contributed by atoms with Gasteiger partial charge >= 0.3 is 0 Å². The van der Waals surface area contributed by atoms with Crippen LogP contribution in [0.1, 0.15) is 34.1 Å². The summed E-state index contributed by atoms with van der Waals surface area (Å²) >= 11 is 0. The maximum Gasteiger partial charge on any atom is 0.242 e. The molecule has 0 aromatic heterocycles. The third-order valence-electron chi connectivity index (χ3n) is 4.84. The number of nitrogens with one attached hydrogen (secondary N) is 1. The number of piperazine rings is 1. The van der Waals surface area contributed by atoms with Crippen LogP contribution in [0.3, 0.4) is 0 Å². The van der Waals surface area contributed by atoms with Crippen LogP contribution in [0, 0.1) is 0 Å². The number of morpholine rings is 1. The summed E-state index contributed by atoms with van der Waals surface area (Å²) in [4.78, 5) is 34.9. The highest BCUT2D eigenvalue weighted by Crippen LogP contribution is 2.24. The Bertz CT molecular complexity index is 541. The molecule has 0 aliphatic carbocycles. The highest BCUT2D eigenvalue weighted by Gasteiger charge is 2.40. The zero-order chi connectivity index (χ0) is 19.3. The van der Waals surface area contributed by atoms with Crippen LogP contribution >= 0.6 is 0 Å². The first-order valence-electron chi connectivity index (χ1n) is 9.39. The van der Waals surface area contributed by atoms with E-state index < -0.39 is 0 Å². The maximum atomic E-state index is 12.6. The summed E-state index contributed by atoms with van der Waals surface area (Å²) in [7, 11) is 1.71. The third-order valence-corrected chi connectivity index (χ3v) is 4.84. The Balaban J connectivity index is 1.88. The number of carbonyl (C=O) groups is 2. The van der Waals surface area contributed by atoms with Crippen molar-refractivity contribution in [3.63, 3.8) is 0 Å². The van der Waals surface area contributed by atoms with Crippen molar-refractivity contribution in [1.29, 1.82) is 0 Å². The Kier molecular flexibility index (Phi) is 6.86. The minimum atomic E-state index is -0.273. The molecule has 2 saturated heterocycles. The van der Waals surface area contributed by atoms with Crippen molar-refractivity contribution in [3.8, 4) is 0 Å². The molecule has 2 fully saturated rings. The fourth-order valence-electron chi connectivity index (χ4n) is 3.90. The zero-order valence-corrected chi connectivity index (χ0v) is 16.7. The fourth-order valence-corrected chi connectivity index (χ4v) is 3.90. The molecule has 2 aliphatic rings. The molecule has 0 saturated carbocycles. The molecule has 0 spiro atoms. The van der Waals surface area contributed by atoms with Crippen LogP contribution < -0.4 is 5.32 Å². The molecule has 8 nitrogen and oxygen atoms in total. The number of hydrogen-bond acceptors (Lipinski definition) is 4. The minimum absolute atomic E-state index is 0.101. The third kappa shape index (κ3) is 4.87. The van der Waals surface area contributed by atoms with E-state index in [4.69, 9.17) is 4.74 Å². The van der Waals surface area contributed by atoms with E-state index in [0.29, 0.717) is 58.3 Å². The molecule has 1 N–H and O–H groups in total. The van der Waals surface area contributed by atoms with Gasteiger partial charge in [-0.1, -0.05) is 0 Å². The van der Waals surface area contributed by atoms with E-state index in [9.17, 15) is 9.59 Å². The van der Waals surface area contributed by atoms with Gasteiger partial charge in [-0.15, -0.1) is 0 Å². The standard InChI is InChI=1S/C18H33N5O3/c1-14(2)23-16(25)12-22(13-18(23,3)4)17(19-5)20-7-6-15(24)21-8-10-26-11-9-21/h14H,6-13H2,1-5H3,(H,19,20). The summed E-state index contributed by atoms with van der Waals surface area (Å²) in [6.45, 7) is 12.3. The first kappa shape index (κ1) is 20.5. The van der Waals surface area contributed by atoms with Crippen LogP contribution in [-0.4, -0.2) is 97.0 Å². The molecule has 2 rings (SSSR count). The quantitative estimate of drug-likeness (QED) is 0.565. The van der Waals surface area contributed by atoms with Crippen LogP contribution in [0.25, 0.3) is 0 Å². The Morgan fingerprint density at radius 1 is 1.27 bits per heavy atom. The molecule has 0 bridgehead atoms. The van der Waals surface area contributed by atoms with Gasteiger partial charge in [0.05, 0.1) is 25.3 Å². The van der Waals surface area contributed by atoms with Gasteiger partial charge in [0, 0.05) is 45.7 Å². The van der Waals surface area contributed by atoms with Crippen LogP contribution in [0.5, 0.6) is 0 Å². The normalized spacial score (nSPS) is 21.4. The molecule has 148 valence electrons. The highest BCUT2D eigenvalue weighted by atomic mass is 16.5. The number of guanidine groups is 1. The molecule has 0 unspecified atom stereocenters. The van der Waals surface area contributed by atoms with E-state index in [0.717, 1.165) is 0 Å². The average molecular weight is 367 g/mol. The summed E-state index contributed by atoms with van der Waals surface area (Å²) in [5.41, 5.74) is -0.273. The van der Waals surface area contributed by atoms with E-state index in [1.54, 1.807) is 7.05 Å². The minimum Gasteiger partial charge on any atom is -0.378 e. The van der Waals surface area contributed by atoms with Crippen molar-refractivity contribution in [2.45, 2.75) is 45.7 Å². The SMILES string of the molecule is CN=C(NCCC(=O)N1CCOCC1)N1CC(=O)N(C(C)C)C(C)(C)C1. The molecule has 2 amide bonds. The first-order valence-corrected chi connectivity index (χ1v) is 9.39. The lowest BCUT2D eigenvalue weighted by atomic mass is 9.96. The molecule has 26 heavy (non-hydrogen) atoms. The molecular weight excluding hydrogens is 334 g/mol. The zero-order valence-electron chi connectivity index (χ0n) is 16.7. The Morgan fingerprint density at radius 3 is 2.46 bits per heavy atom. The predicted molar refractivity (Wildman–Crippen MR) is 101 cm³/mol. The van der Waals surface area contributed by atoms with Crippen molar-refractivity contribution >= 4 is 17.8 Å². The number of nitrogens with zero attached hydrogens (tertiary/aromatic N) is 4. The number of hydrogen-bond donors (Lipinski definition) is 1. The molecule has 8 heteroatoms. The van der Waals surface area contributed by atoms with Crippen LogP contribution in [0.2, 0.25) is 0 Å². The molecule has 0 aromatic carbocycles. The fraction of sp³-hybridized carbons (Fsp3) is 0.833. The van der Waals surface area contributed by atoms with E-state index >= 15 is 0 Å². The first-order chi connectivity index (χ1) is 12.3. The predicted octanol–water partition coefficient (Wildman–Crippen LogP) is 0.142. The van der Waals surface area contributed by atoms with Gasteiger partial charge in [0.25, 0.3) is 0 Å². The second kappa shape index (κ2) is 8.70. The van der Waals surface area contributed by atoms with Crippen LogP contribution in [-0.2, 0) is 14.3 Å². The highest BCUT2D eigenvalue weighted by molar-refractivity contribution is 5.88. The largest absolute Gasteiger partial charge is 0.378 e. The Labute approximate surface area is 156 Å². The summed E-state index contributed by atoms with van der Waals surface area (Å²) in [5.74, 6) is 0.894. The summed E-state index contributed by atoms with van der Waals surface area (Å²) in [5, 5.41) is 3.24.